The van der Waals surface area contributed by atoms with E-state index < -0.39 is 23.5 Å². The largest absolute Gasteiger partial charge is 0.480 e. The van der Waals surface area contributed by atoms with Crippen molar-refractivity contribution in [2.75, 3.05) is 11.1 Å². The summed E-state index contributed by atoms with van der Waals surface area (Å²) < 4.78 is 0. The van der Waals surface area contributed by atoms with Crippen LogP contribution in [0.1, 0.15) is 35.7 Å². The number of rotatable bonds is 9. The van der Waals surface area contributed by atoms with E-state index in [1.165, 1.54) is 6.92 Å². The second-order valence-electron chi connectivity index (χ2n) is 7.34. The highest BCUT2D eigenvalue weighted by atomic mass is 16.4. The molecule has 0 bridgehead atoms. The van der Waals surface area contributed by atoms with Gasteiger partial charge < -0.3 is 31.3 Å². The summed E-state index contributed by atoms with van der Waals surface area (Å²) in [5, 5.41) is 15.3. The third-order valence-corrected chi connectivity index (χ3v) is 4.83. The molecule has 1 heterocycles. The Morgan fingerprint density at radius 1 is 1.16 bits per heavy atom. The molecule has 1 atom stereocenters. The third-order valence-electron chi connectivity index (χ3n) is 4.83. The quantitative estimate of drug-likeness (QED) is 0.337. The van der Waals surface area contributed by atoms with Gasteiger partial charge in [0, 0.05) is 24.2 Å². The molecule has 3 rings (SSSR count). The molecule has 2 aromatic carbocycles. The van der Waals surface area contributed by atoms with E-state index >= 15 is 0 Å². The van der Waals surface area contributed by atoms with Gasteiger partial charge in [-0.2, -0.15) is 4.98 Å². The van der Waals surface area contributed by atoms with Crippen molar-refractivity contribution in [3.8, 4) is 0 Å². The molecule has 0 unspecified atom stereocenters. The predicted octanol–water partition coefficient (Wildman–Crippen LogP) is 1.67. The van der Waals surface area contributed by atoms with Crippen LogP contribution in [0.15, 0.2) is 47.3 Å². The average Bonchev–Trinajstić information content (AvgIpc) is 2.75. The predicted molar refractivity (Wildman–Crippen MR) is 119 cm³/mol. The standard InChI is InChI=1S/C22H23N5O5/c1-12(28)2-8-18(21(31)32)25-19(29)14-4-6-15(7-5-14)24-11-13-3-9-17-16(10-13)20(30)27-22(23)26-17/h3-7,9-10,18,24H,2,8,11H2,1H3,(H,25,29)(H,31,32)(H3,23,26,27,30)/t18-/m0/s1. The molecule has 10 nitrogen and oxygen atoms in total. The summed E-state index contributed by atoms with van der Waals surface area (Å²) in [6.07, 6.45) is 0.108. The molecule has 0 radical (unpaired) electrons. The number of nitrogens with one attached hydrogen (secondary N) is 3. The summed E-state index contributed by atoms with van der Waals surface area (Å²) in [5.41, 5.74) is 7.63. The first-order valence-electron chi connectivity index (χ1n) is 9.88. The maximum atomic E-state index is 12.3. The molecular formula is C22H23N5O5. The van der Waals surface area contributed by atoms with Gasteiger partial charge >= 0.3 is 5.97 Å². The van der Waals surface area contributed by atoms with Gasteiger partial charge in [0.15, 0.2) is 0 Å². The van der Waals surface area contributed by atoms with Crippen molar-refractivity contribution in [3.63, 3.8) is 0 Å². The monoisotopic (exact) mass is 437 g/mol. The van der Waals surface area contributed by atoms with Gasteiger partial charge in [0.05, 0.1) is 10.9 Å². The highest BCUT2D eigenvalue weighted by Gasteiger charge is 2.21. The third kappa shape index (κ3) is 5.69. The molecule has 10 heteroatoms. The fraction of sp³-hybridized carbons (Fsp3) is 0.227. The number of carboxylic acids is 1. The van der Waals surface area contributed by atoms with Crippen molar-refractivity contribution in [1.29, 1.82) is 0 Å². The molecule has 0 aliphatic carbocycles. The summed E-state index contributed by atoms with van der Waals surface area (Å²) in [6, 6.07) is 10.7. The lowest BCUT2D eigenvalue weighted by atomic mass is 10.1. The number of fused-ring (bicyclic) bond motifs is 1. The van der Waals surface area contributed by atoms with E-state index in [4.69, 9.17) is 5.73 Å². The molecule has 0 saturated carbocycles. The van der Waals surface area contributed by atoms with Gasteiger partial charge in [-0.3, -0.25) is 9.59 Å². The number of nitrogens with zero attached hydrogens (tertiary/aromatic N) is 1. The number of aromatic nitrogens is 2. The highest BCUT2D eigenvalue weighted by molar-refractivity contribution is 5.97. The topological polar surface area (TPSA) is 167 Å². The highest BCUT2D eigenvalue weighted by Crippen LogP contribution is 2.15. The van der Waals surface area contributed by atoms with Crippen LogP contribution in [-0.2, 0) is 16.1 Å². The van der Waals surface area contributed by atoms with Crippen molar-refractivity contribution in [2.24, 2.45) is 0 Å². The van der Waals surface area contributed by atoms with Gasteiger partial charge in [0.1, 0.15) is 11.8 Å². The molecule has 1 amide bonds. The van der Waals surface area contributed by atoms with Gasteiger partial charge in [0.25, 0.3) is 11.5 Å². The van der Waals surface area contributed by atoms with Crippen molar-refractivity contribution >= 4 is 40.2 Å². The SMILES string of the molecule is CC(=O)CC[C@H](NC(=O)c1ccc(NCc2ccc3[nH]c(N)nc(=O)c3c2)cc1)C(=O)O. The van der Waals surface area contributed by atoms with Crippen molar-refractivity contribution in [2.45, 2.75) is 32.4 Å². The number of ketones is 1. The van der Waals surface area contributed by atoms with E-state index in [2.05, 4.69) is 20.6 Å². The number of carboxylic acid groups (broad SMARTS) is 1. The Labute approximate surface area is 182 Å². The van der Waals surface area contributed by atoms with Crippen LogP contribution in [0.3, 0.4) is 0 Å². The van der Waals surface area contributed by atoms with Crippen LogP contribution in [0.4, 0.5) is 11.6 Å². The minimum absolute atomic E-state index is 0.0345. The molecule has 0 fully saturated rings. The number of benzene rings is 2. The summed E-state index contributed by atoms with van der Waals surface area (Å²) in [4.78, 5) is 53.3. The lowest BCUT2D eigenvalue weighted by Crippen LogP contribution is -2.41. The number of carbonyl (C=O) groups excluding carboxylic acids is 2. The van der Waals surface area contributed by atoms with E-state index in [1.54, 1.807) is 36.4 Å². The Bertz CT molecular complexity index is 1220. The summed E-state index contributed by atoms with van der Waals surface area (Å²) >= 11 is 0. The second-order valence-corrected chi connectivity index (χ2v) is 7.34. The van der Waals surface area contributed by atoms with Gasteiger partial charge in [-0.15, -0.1) is 0 Å². The maximum Gasteiger partial charge on any atom is 0.326 e. The number of amides is 1. The number of carbonyl (C=O) groups is 3. The molecule has 0 aliphatic rings. The van der Waals surface area contributed by atoms with Crippen LogP contribution in [0.25, 0.3) is 10.9 Å². The smallest absolute Gasteiger partial charge is 0.326 e. The molecule has 32 heavy (non-hydrogen) atoms. The van der Waals surface area contributed by atoms with Crippen LogP contribution in [0.5, 0.6) is 0 Å². The lowest BCUT2D eigenvalue weighted by molar-refractivity contribution is -0.139. The zero-order valence-electron chi connectivity index (χ0n) is 17.3. The van der Waals surface area contributed by atoms with Crippen molar-refractivity contribution < 1.29 is 19.5 Å². The summed E-state index contributed by atoms with van der Waals surface area (Å²) in [5.74, 6) is -1.80. The van der Waals surface area contributed by atoms with E-state index in [9.17, 15) is 24.3 Å². The van der Waals surface area contributed by atoms with Gasteiger partial charge in [0.2, 0.25) is 5.95 Å². The number of anilines is 2. The average molecular weight is 437 g/mol. The van der Waals surface area contributed by atoms with Crippen LogP contribution in [0, 0.1) is 0 Å². The minimum Gasteiger partial charge on any atom is -0.480 e. The van der Waals surface area contributed by atoms with E-state index in [0.29, 0.717) is 23.0 Å². The van der Waals surface area contributed by atoms with E-state index in [0.717, 1.165) is 11.3 Å². The molecule has 6 N–H and O–H groups in total. The maximum absolute atomic E-state index is 12.3. The van der Waals surface area contributed by atoms with Gasteiger partial charge in [-0.1, -0.05) is 6.07 Å². The fourth-order valence-electron chi connectivity index (χ4n) is 3.11. The number of nitrogens with two attached hydrogens (primary N) is 1. The Morgan fingerprint density at radius 2 is 1.88 bits per heavy atom. The molecule has 0 aliphatic heterocycles. The number of hydrogen-bond acceptors (Lipinski definition) is 7. The number of nitrogen functional groups attached to an aromatic ring is 1. The number of Topliss-reactive ketones (excluding diaryl/α,β-unsaturated/α-hetero) is 1. The fourth-order valence-corrected chi connectivity index (χ4v) is 3.11. The van der Waals surface area contributed by atoms with Crippen LogP contribution in [0.2, 0.25) is 0 Å². The molecule has 0 spiro atoms. The number of hydrogen-bond donors (Lipinski definition) is 5. The normalized spacial score (nSPS) is 11.7. The zero-order valence-corrected chi connectivity index (χ0v) is 17.3. The van der Waals surface area contributed by atoms with Crippen molar-refractivity contribution in [1.82, 2.24) is 15.3 Å². The Kier molecular flexibility index (Phi) is 6.83. The van der Waals surface area contributed by atoms with Crippen LogP contribution < -0.4 is 21.9 Å². The first-order chi connectivity index (χ1) is 15.2. The Hall–Kier alpha value is -4.21. The van der Waals surface area contributed by atoms with E-state index in [1.807, 2.05) is 6.07 Å². The number of H-pyrrole nitrogens is 1. The summed E-state index contributed by atoms with van der Waals surface area (Å²) in [7, 11) is 0. The Balaban J connectivity index is 1.62. The lowest BCUT2D eigenvalue weighted by Gasteiger charge is -2.14. The second kappa shape index (κ2) is 9.73. The van der Waals surface area contributed by atoms with Gasteiger partial charge in [-0.05, 0) is 55.3 Å². The Morgan fingerprint density at radius 3 is 2.53 bits per heavy atom. The number of aliphatic carboxylic acids is 1. The molecule has 166 valence electrons. The minimum atomic E-state index is -1.19. The van der Waals surface area contributed by atoms with Crippen molar-refractivity contribution in [3.05, 3.63) is 63.9 Å². The molecule has 1 aromatic heterocycles. The molecule has 0 saturated heterocycles. The number of aromatic amines is 1. The molecule has 3 aromatic rings. The summed E-state index contributed by atoms with van der Waals surface area (Å²) in [6.45, 7) is 1.80. The van der Waals surface area contributed by atoms with Gasteiger partial charge in [-0.25, -0.2) is 4.79 Å². The zero-order chi connectivity index (χ0) is 23.3. The van der Waals surface area contributed by atoms with Crippen LogP contribution in [-0.4, -0.2) is 38.8 Å². The molecular weight excluding hydrogens is 414 g/mol. The van der Waals surface area contributed by atoms with Crippen LogP contribution >= 0.6 is 0 Å². The van der Waals surface area contributed by atoms with E-state index in [-0.39, 0.29) is 24.6 Å². The first-order valence-corrected chi connectivity index (χ1v) is 9.88. The first kappa shape index (κ1) is 22.5.